The molecule has 33 heavy (non-hydrogen) atoms. The summed E-state index contributed by atoms with van der Waals surface area (Å²) in [5.41, 5.74) is 2.63. The van der Waals surface area contributed by atoms with E-state index in [1.807, 2.05) is 26.0 Å². The van der Waals surface area contributed by atoms with Crippen LogP contribution in [0.1, 0.15) is 53.6 Å². The van der Waals surface area contributed by atoms with Crippen molar-refractivity contribution in [3.8, 4) is 5.75 Å². The van der Waals surface area contributed by atoms with Crippen molar-refractivity contribution >= 4 is 23.5 Å². The van der Waals surface area contributed by atoms with E-state index in [1.54, 1.807) is 12.4 Å². The number of ether oxygens (including phenoxy) is 2. The first kappa shape index (κ1) is 23.8. The molecule has 178 valence electrons. The molecule has 0 aliphatic carbocycles. The number of amides is 1. The van der Waals surface area contributed by atoms with Crippen LogP contribution >= 0.6 is 11.6 Å². The second kappa shape index (κ2) is 11.2. The predicted octanol–water partition coefficient (Wildman–Crippen LogP) is 4.34. The van der Waals surface area contributed by atoms with Crippen LogP contribution in [0.15, 0.2) is 24.5 Å². The average Bonchev–Trinajstić information content (AvgIpc) is 3.30. The minimum atomic E-state index is -0.0256. The molecule has 7 nitrogen and oxygen atoms in total. The molecule has 8 heteroatoms. The molecule has 0 saturated carbocycles. The number of halogens is 1. The van der Waals surface area contributed by atoms with Crippen LogP contribution in [0.5, 0.6) is 5.75 Å². The number of aryl methyl sites for hydroxylation is 2. The van der Waals surface area contributed by atoms with E-state index in [0.29, 0.717) is 30.8 Å². The molecule has 0 bridgehead atoms. The number of nitrogens with one attached hydrogen (secondary N) is 1. The van der Waals surface area contributed by atoms with Crippen molar-refractivity contribution in [2.24, 2.45) is 5.92 Å². The van der Waals surface area contributed by atoms with Crippen molar-refractivity contribution < 1.29 is 14.3 Å². The highest BCUT2D eigenvalue weighted by Gasteiger charge is 2.22. The Labute approximate surface area is 200 Å². The van der Waals surface area contributed by atoms with Gasteiger partial charge in [0.25, 0.3) is 5.91 Å². The van der Waals surface area contributed by atoms with Gasteiger partial charge in [-0.2, -0.15) is 0 Å². The Bertz CT molecular complexity index is 916. The molecule has 1 unspecified atom stereocenters. The van der Waals surface area contributed by atoms with Gasteiger partial charge in [0.1, 0.15) is 5.75 Å². The third-order valence-corrected chi connectivity index (χ3v) is 6.72. The van der Waals surface area contributed by atoms with Crippen LogP contribution in [0.2, 0.25) is 5.02 Å². The number of hydrogen-bond acceptors (Lipinski definition) is 6. The average molecular weight is 473 g/mol. The van der Waals surface area contributed by atoms with E-state index in [2.05, 4.69) is 20.2 Å². The lowest BCUT2D eigenvalue weighted by molar-refractivity contribution is 0.0928. The monoisotopic (exact) mass is 472 g/mol. The number of benzene rings is 1. The second-order valence-electron chi connectivity index (χ2n) is 9.09. The summed E-state index contributed by atoms with van der Waals surface area (Å²) < 4.78 is 11.4. The molecule has 4 rings (SSSR count). The van der Waals surface area contributed by atoms with E-state index in [0.717, 1.165) is 73.6 Å². The Balaban J connectivity index is 1.20. The van der Waals surface area contributed by atoms with Crippen LogP contribution in [-0.4, -0.2) is 54.8 Å². The Morgan fingerprint density at radius 1 is 1.18 bits per heavy atom. The van der Waals surface area contributed by atoms with E-state index >= 15 is 0 Å². The van der Waals surface area contributed by atoms with Crippen LogP contribution in [-0.2, 0) is 4.74 Å². The number of carbonyl (C=O) groups excluding carboxylic acids is 1. The van der Waals surface area contributed by atoms with Gasteiger partial charge in [-0.1, -0.05) is 11.6 Å². The highest BCUT2D eigenvalue weighted by Crippen LogP contribution is 2.26. The van der Waals surface area contributed by atoms with Gasteiger partial charge in [-0.05, 0) is 75.1 Å². The minimum Gasteiger partial charge on any atom is -0.494 e. The molecule has 1 aromatic heterocycles. The van der Waals surface area contributed by atoms with Gasteiger partial charge in [-0.3, -0.25) is 4.79 Å². The highest BCUT2D eigenvalue weighted by atomic mass is 35.5. The normalized spacial score (nSPS) is 19.0. The molecule has 2 saturated heterocycles. The Kier molecular flexibility index (Phi) is 8.04. The third kappa shape index (κ3) is 6.36. The first-order valence-corrected chi connectivity index (χ1v) is 12.2. The van der Waals surface area contributed by atoms with Gasteiger partial charge in [0, 0.05) is 25.3 Å². The van der Waals surface area contributed by atoms with Gasteiger partial charge in [-0.15, -0.1) is 0 Å². The van der Waals surface area contributed by atoms with Crippen molar-refractivity contribution in [1.29, 1.82) is 0 Å². The van der Waals surface area contributed by atoms with E-state index in [-0.39, 0.29) is 11.9 Å². The van der Waals surface area contributed by atoms with E-state index in [4.69, 9.17) is 21.1 Å². The number of aromatic nitrogens is 2. The quantitative estimate of drug-likeness (QED) is 0.576. The zero-order valence-corrected chi connectivity index (χ0v) is 20.2. The fraction of sp³-hybridized carbons (Fsp3) is 0.560. The topological polar surface area (TPSA) is 76.6 Å². The Hall–Kier alpha value is -2.38. The Morgan fingerprint density at radius 2 is 1.88 bits per heavy atom. The minimum absolute atomic E-state index is 0.0256. The molecule has 0 radical (unpaired) electrons. The molecule has 1 aromatic carbocycles. The molecule has 1 amide bonds. The predicted molar refractivity (Wildman–Crippen MR) is 129 cm³/mol. The summed E-state index contributed by atoms with van der Waals surface area (Å²) in [5, 5.41) is 3.64. The van der Waals surface area contributed by atoms with Gasteiger partial charge in [-0.25, -0.2) is 9.97 Å². The van der Waals surface area contributed by atoms with Gasteiger partial charge >= 0.3 is 0 Å². The van der Waals surface area contributed by atoms with Crippen molar-refractivity contribution in [1.82, 2.24) is 15.3 Å². The number of carbonyl (C=O) groups is 1. The number of hydrogen-bond donors (Lipinski definition) is 1. The van der Waals surface area contributed by atoms with E-state index in [9.17, 15) is 4.79 Å². The first-order chi connectivity index (χ1) is 16.0. The standard InChI is InChI=1S/C25H33ClN4O3/c1-17-12-22(13-18(2)23(17)24(31)29-21-7-11-32-16-21)33-10-3-4-19-5-8-30(9-6-19)25-27-14-20(26)15-28-25/h12-15,19,21H,3-11,16H2,1-2H3,(H,29,31). The van der Waals surface area contributed by atoms with Crippen LogP contribution in [0.4, 0.5) is 5.95 Å². The van der Waals surface area contributed by atoms with Crippen molar-refractivity contribution in [2.75, 3.05) is 37.8 Å². The van der Waals surface area contributed by atoms with Crippen LogP contribution in [0.3, 0.4) is 0 Å². The third-order valence-electron chi connectivity index (χ3n) is 6.53. The largest absolute Gasteiger partial charge is 0.494 e. The maximum absolute atomic E-state index is 12.7. The molecule has 2 aliphatic heterocycles. The van der Waals surface area contributed by atoms with Gasteiger partial charge < -0.3 is 19.7 Å². The lowest BCUT2D eigenvalue weighted by atomic mass is 9.92. The summed E-state index contributed by atoms with van der Waals surface area (Å²) in [5.74, 6) is 2.27. The molecule has 3 heterocycles. The van der Waals surface area contributed by atoms with E-state index in [1.165, 1.54) is 0 Å². The smallest absolute Gasteiger partial charge is 0.252 e. The summed E-state index contributed by atoms with van der Waals surface area (Å²) in [6, 6.07) is 4.05. The fourth-order valence-electron chi connectivity index (χ4n) is 4.72. The molecule has 1 atom stereocenters. The Morgan fingerprint density at radius 3 is 2.52 bits per heavy atom. The molecule has 1 N–H and O–H groups in total. The summed E-state index contributed by atoms with van der Waals surface area (Å²) in [4.78, 5) is 23.6. The first-order valence-electron chi connectivity index (χ1n) is 11.8. The van der Waals surface area contributed by atoms with Gasteiger partial charge in [0.2, 0.25) is 5.95 Å². The van der Waals surface area contributed by atoms with Crippen molar-refractivity contribution in [3.05, 3.63) is 46.2 Å². The maximum Gasteiger partial charge on any atom is 0.252 e. The summed E-state index contributed by atoms with van der Waals surface area (Å²) in [6.45, 7) is 7.88. The summed E-state index contributed by atoms with van der Waals surface area (Å²) in [7, 11) is 0. The molecule has 0 spiro atoms. The SMILES string of the molecule is Cc1cc(OCCCC2CCN(c3ncc(Cl)cn3)CC2)cc(C)c1C(=O)NC1CCOC1. The number of rotatable bonds is 8. The maximum atomic E-state index is 12.7. The van der Waals surface area contributed by atoms with E-state index < -0.39 is 0 Å². The van der Waals surface area contributed by atoms with Gasteiger partial charge in [0.15, 0.2) is 0 Å². The van der Waals surface area contributed by atoms with Crippen LogP contribution in [0.25, 0.3) is 0 Å². The summed E-state index contributed by atoms with van der Waals surface area (Å²) >= 11 is 5.88. The van der Waals surface area contributed by atoms with Crippen LogP contribution in [0, 0.1) is 19.8 Å². The highest BCUT2D eigenvalue weighted by molar-refractivity contribution is 6.30. The second-order valence-corrected chi connectivity index (χ2v) is 9.52. The lowest BCUT2D eigenvalue weighted by Crippen LogP contribution is -2.35. The molecule has 2 aliphatic rings. The molecule has 2 fully saturated rings. The zero-order valence-electron chi connectivity index (χ0n) is 19.5. The lowest BCUT2D eigenvalue weighted by Gasteiger charge is -2.32. The van der Waals surface area contributed by atoms with Gasteiger partial charge in [0.05, 0.1) is 36.7 Å². The van der Waals surface area contributed by atoms with Crippen LogP contribution < -0.4 is 15.0 Å². The summed E-state index contributed by atoms with van der Waals surface area (Å²) in [6.07, 6.45) is 8.63. The number of piperidine rings is 1. The number of anilines is 1. The van der Waals surface area contributed by atoms with Crippen molar-refractivity contribution in [2.45, 2.75) is 52.0 Å². The van der Waals surface area contributed by atoms with Crippen molar-refractivity contribution in [3.63, 3.8) is 0 Å². The zero-order chi connectivity index (χ0) is 23.2. The fourth-order valence-corrected chi connectivity index (χ4v) is 4.82. The molecular weight excluding hydrogens is 440 g/mol. The molecule has 2 aromatic rings. The molecular formula is C25H33ClN4O3. The number of nitrogens with zero attached hydrogens (tertiary/aromatic N) is 3.